The minimum absolute atomic E-state index is 0.0138. The monoisotopic (exact) mass is 351 g/mol. The van der Waals surface area contributed by atoms with Gasteiger partial charge in [-0.1, -0.05) is 6.92 Å². The number of aryl methyl sites for hydroxylation is 1. The Bertz CT molecular complexity index is 571. The van der Waals surface area contributed by atoms with Gasteiger partial charge in [-0.25, -0.2) is 8.42 Å². The van der Waals surface area contributed by atoms with Gasteiger partial charge in [-0.05, 0) is 32.3 Å². The van der Waals surface area contributed by atoms with Gasteiger partial charge in [0.05, 0.1) is 16.9 Å². The summed E-state index contributed by atoms with van der Waals surface area (Å²) in [6, 6.07) is 1.71. The van der Waals surface area contributed by atoms with Crippen molar-refractivity contribution >= 4 is 33.0 Å². The highest BCUT2D eigenvalue weighted by Gasteiger charge is 2.32. The Kier molecular flexibility index (Phi) is 6.08. The molecule has 1 atom stereocenters. The number of hydrogen-bond acceptors (Lipinski definition) is 4. The molecule has 120 valence electrons. The number of halogens is 1. The number of rotatable bonds is 6. The van der Waals surface area contributed by atoms with Crippen LogP contribution in [0.4, 0.5) is 0 Å². The summed E-state index contributed by atoms with van der Waals surface area (Å²) in [6.07, 6.45) is 2.74. The molecule has 2 rings (SSSR count). The first-order valence-electron chi connectivity index (χ1n) is 7.26. The first-order valence-corrected chi connectivity index (χ1v) is 10.0. The molecular weight excluding hydrogens is 330 g/mol. The van der Waals surface area contributed by atoms with Crippen molar-refractivity contribution in [3.05, 3.63) is 15.8 Å². The summed E-state index contributed by atoms with van der Waals surface area (Å²) in [5.74, 6) is 0.350. The molecular formula is C14H22ClNO3S2. The number of thiophene rings is 1. The van der Waals surface area contributed by atoms with Crippen LogP contribution in [0.1, 0.15) is 35.9 Å². The number of nitrogens with zero attached hydrogens (tertiary/aromatic N) is 1. The zero-order chi connectivity index (χ0) is 15.5. The first kappa shape index (κ1) is 17.2. The third-order valence-corrected chi connectivity index (χ3v) is 7.19. The zero-order valence-electron chi connectivity index (χ0n) is 12.5. The number of alkyl halides is 1. The van der Waals surface area contributed by atoms with Gasteiger partial charge >= 0.3 is 0 Å². The SMILES string of the molecule is CCCOC1CCCN(S(=O)(=O)c2cc(CCl)sc2C)C1. The van der Waals surface area contributed by atoms with Crippen molar-refractivity contribution in [3.8, 4) is 0 Å². The summed E-state index contributed by atoms with van der Waals surface area (Å²) in [5.41, 5.74) is 0. The molecule has 0 bridgehead atoms. The van der Waals surface area contributed by atoms with Crippen LogP contribution in [-0.4, -0.2) is 38.5 Å². The molecule has 0 amide bonds. The molecule has 0 aromatic carbocycles. The predicted octanol–water partition coefficient (Wildman–Crippen LogP) is 3.38. The summed E-state index contributed by atoms with van der Waals surface area (Å²) in [5, 5.41) is 0. The smallest absolute Gasteiger partial charge is 0.244 e. The summed E-state index contributed by atoms with van der Waals surface area (Å²) < 4.78 is 32.9. The average Bonchev–Trinajstić information content (AvgIpc) is 2.87. The van der Waals surface area contributed by atoms with Gasteiger partial charge in [0.15, 0.2) is 0 Å². The fourth-order valence-electron chi connectivity index (χ4n) is 2.53. The maximum Gasteiger partial charge on any atom is 0.244 e. The minimum Gasteiger partial charge on any atom is -0.377 e. The normalized spacial score (nSPS) is 20.8. The van der Waals surface area contributed by atoms with Crippen molar-refractivity contribution in [3.63, 3.8) is 0 Å². The molecule has 1 aliphatic rings. The van der Waals surface area contributed by atoms with Gasteiger partial charge in [0.1, 0.15) is 0 Å². The molecule has 0 N–H and O–H groups in total. The molecule has 0 saturated carbocycles. The van der Waals surface area contributed by atoms with Crippen molar-refractivity contribution in [2.75, 3.05) is 19.7 Å². The summed E-state index contributed by atoms with van der Waals surface area (Å²) in [4.78, 5) is 2.10. The van der Waals surface area contributed by atoms with E-state index in [9.17, 15) is 8.42 Å². The lowest BCUT2D eigenvalue weighted by Crippen LogP contribution is -2.43. The summed E-state index contributed by atoms with van der Waals surface area (Å²) in [7, 11) is -3.43. The molecule has 0 radical (unpaired) electrons. The Morgan fingerprint density at radius 1 is 1.52 bits per heavy atom. The summed E-state index contributed by atoms with van der Waals surface area (Å²) >= 11 is 7.26. The van der Waals surface area contributed by atoms with E-state index < -0.39 is 10.0 Å². The molecule has 4 nitrogen and oxygen atoms in total. The Morgan fingerprint density at radius 2 is 2.29 bits per heavy atom. The van der Waals surface area contributed by atoms with Crippen LogP contribution in [0.3, 0.4) is 0 Å². The number of ether oxygens (including phenoxy) is 1. The molecule has 2 heterocycles. The minimum atomic E-state index is -3.43. The lowest BCUT2D eigenvalue weighted by molar-refractivity contribution is 0.0193. The van der Waals surface area contributed by atoms with Crippen molar-refractivity contribution in [1.29, 1.82) is 0 Å². The Balaban J connectivity index is 2.16. The molecule has 1 aliphatic heterocycles. The molecule has 1 fully saturated rings. The largest absolute Gasteiger partial charge is 0.377 e. The van der Waals surface area contributed by atoms with Crippen LogP contribution in [0.15, 0.2) is 11.0 Å². The van der Waals surface area contributed by atoms with Crippen molar-refractivity contribution in [2.45, 2.75) is 50.0 Å². The lowest BCUT2D eigenvalue weighted by atomic mass is 10.1. The van der Waals surface area contributed by atoms with E-state index >= 15 is 0 Å². The molecule has 1 aromatic rings. The molecule has 21 heavy (non-hydrogen) atoms. The quantitative estimate of drug-likeness (QED) is 0.738. The van der Waals surface area contributed by atoms with E-state index in [1.54, 1.807) is 10.4 Å². The van der Waals surface area contributed by atoms with E-state index in [0.717, 1.165) is 29.0 Å². The zero-order valence-corrected chi connectivity index (χ0v) is 14.9. The standard InChI is InChI=1S/C14H22ClNO3S2/c1-3-7-19-12-5-4-6-16(10-12)21(17,18)14-8-13(9-15)20-11(14)2/h8,12H,3-7,9-10H2,1-2H3. The van der Waals surface area contributed by atoms with Gasteiger partial charge in [0, 0.05) is 29.5 Å². The van der Waals surface area contributed by atoms with E-state index in [0.29, 0.717) is 30.5 Å². The van der Waals surface area contributed by atoms with Crippen LogP contribution in [0.2, 0.25) is 0 Å². The van der Waals surface area contributed by atoms with Gasteiger partial charge in [-0.2, -0.15) is 4.31 Å². The third-order valence-electron chi connectivity index (χ3n) is 3.57. The molecule has 1 unspecified atom stereocenters. The van der Waals surface area contributed by atoms with Crippen molar-refractivity contribution < 1.29 is 13.2 Å². The fraction of sp³-hybridized carbons (Fsp3) is 0.714. The second kappa shape index (κ2) is 7.42. The van der Waals surface area contributed by atoms with Gasteiger partial charge in [-0.3, -0.25) is 0 Å². The molecule has 0 aliphatic carbocycles. The van der Waals surface area contributed by atoms with Crippen LogP contribution >= 0.6 is 22.9 Å². The van der Waals surface area contributed by atoms with Crippen molar-refractivity contribution in [2.24, 2.45) is 0 Å². The molecule has 1 saturated heterocycles. The fourth-order valence-corrected chi connectivity index (χ4v) is 5.73. The van der Waals surface area contributed by atoms with E-state index in [1.165, 1.54) is 11.3 Å². The Hall–Kier alpha value is -0.140. The molecule has 0 spiro atoms. The number of sulfonamides is 1. The second-order valence-electron chi connectivity index (χ2n) is 5.26. The second-order valence-corrected chi connectivity index (χ2v) is 8.78. The van der Waals surface area contributed by atoms with Crippen LogP contribution in [0, 0.1) is 6.92 Å². The number of piperidine rings is 1. The van der Waals surface area contributed by atoms with E-state index in [1.807, 2.05) is 6.92 Å². The average molecular weight is 352 g/mol. The van der Waals surface area contributed by atoms with Gasteiger partial charge in [-0.15, -0.1) is 22.9 Å². The first-order chi connectivity index (χ1) is 9.98. The number of hydrogen-bond donors (Lipinski definition) is 0. The predicted molar refractivity (Wildman–Crippen MR) is 86.6 cm³/mol. The van der Waals surface area contributed by atoms with Gasteiger partial charge in [0.25, 0.3) is 0 Å². The third kappa shape index (κ3) is 3.99. The topological polar surface area (TPSA) is 46.6 Å². The molecule has 1 aromatic heterocycles. The molecule has 7 heteroatoms. The van der Waals surface area contributed by atoms with E-state index in [2.05, 4.69) is 6.92 Å². The maximum atomic E-state index is 12.8. The Morgan fingerprint density at radius 3 is 2.90 bits per heavy atom. The summed E-state index contributed by atoms with van der Waals surface area (Å²) in [6.45, 7) is 5.60. The van der Waals surface area contributed by atoms with Gasteiger partial charge < -0.3 is 4.74 Å². The van der Waals surface area contributed by atoms with Crippen LogP contribution in [0.25, 0.3) is 0 Å². The highest BCUT2D eigenvalue weighted by molar-refractivity contribution is 7.89. The lowest BCUT2D eigenvalue weighted by Gasteiger charge is -2.31. The maximum absolute atomic E-state index is 12.8. The van der Waals surface area contributed by atoms with Crippen LogP contribution in [-0.2, 0) is 20.6 Å². The van der Waals surface area contributed by atoms with Crippen LogP contribution < -0.4 is 0 Å². The van der Waals surface area contributed by atoms with Crippen molar-refractivity contribution in [1.82, 2.24) is 4.31 Å². The highest BCUT2D eigenvalue weighted by Crippen LogP contribution is 2.30. The van der Waals surface area contributed by atoms with E-state index in [-0.39, 0.29) is 6.10 Å². The Labute approximate surface area is 136 Å². The van der Waals surface area contributed by atoms with Crippen LogP contribution in [0.5, 0.6) is 0 Å². The highest BCUT2D eigenvalue weighted by atomic mass is 35.5. The van der Waals surface area contributed by atoms with Gasteiger partial charge in [0.2, 0.25) is 10.0 Å². The van der Waals surface area contributed by atoms with E-state index in [4.69, 9.17) is 16.3 Å².